The van der Waals surface area contributed by atoms with Gasteiger partial charge in [0.1, 0.15) is 0 Å². The van der Waals surface area contributed by atoms with E-state index >= 15 is 0 Å². The molecule has 3 N–H and O–H groups in total. The number of rotatable bonds is 5. The number of nitrogens with one attached hydrogen (secondary N) is 1. The molecule has 1 heterocycles. The molecule has 1 atom stereocenters. The van der Waals surface area contributed by atoms with Crippen molar-refractivity contribution in [1.29, 1.82) is 0 Å². The second kappa shape index (κ2) is 7.66. The molecule has 1 saturated heterocycles. The summed E-state index contributed by atoms with van der Waals surface area (Å²) in [7, 11) is 1.50. The smallest absolute Gasteiger partial charge is 0.321 e. The van der Waals surface area contributed by atoms with E-state index in [1.165, 1.54) is 16.8 Å². The lowest BCUT2D eigenvalue weighted by atomic mass is 9.84. The van der Waals surface area contributed by atoms with Crippen LogP contribution in [-0.4, -0.2) is 59.3 Å². The van der Waals surface area contributed by atoms with Gasteiger partial charge in [0, 0.05) is 19.2 Å². The van der Waals surface area contributed by atoms with E-state index in [0.29, 0.717) is 11.4 Å². The second-order valence-electron chi connectivity index (χ2n) is 7.40. The first-order valence-corrected chi connectivity index (χ1v) is 9.15. The minimum Gasteiger partial charge on any atom is -0.394 e. The number of nitrogens with zero attached hydrogens (tertiary/aromatic N) is 2. The van der Waals surface area contributed by atoms with Gasteiger partial charge in [-0.15, -0.1) is 0 Å². The van der Waals surface area contributed by atoms with Gasteiger partial charge in [0.05, 0.1) is 30.4 Å². The van der Waals surface area contributed by atoms with Gasteiger partial charge in [0.15, 0.2) is 0 Å². The zero-order valence-corrected chi connectivity index (χ0v) is 15.4. The number of benzene rings is 1. The second-order valence-corrected chi connectivity index (χ2v) is 7.40. The molecule has 0 bridgehead atoms. The molecule has 0 aromatic heterocycles. The average molecular weight is 375 g/mol. The third-order valence-corrected chi connectivity index (χ3v) is 5.35. The predicted molar refractivity (Wildman–Crippen MR) is 99.2 cm³/mol. The molecule has 3 rings (SSSR count). The molecule has 0 radical (unpaired) electrons. The Labute approximate surface area is 157 Å². The van der Waals surface area contributed by atoms with Crippen LogP contribution in [0, 0.1) is 5.41 Å². The summed E-state index contributed by atoms with van der Waals surface area (Å²) in [5.74, 6) is -0.342. The summed E-state index contributed by atoms with van der Waals surface area (Å²) < 4.78 is 0. The lowest BCUT2D eigenvalue weighted by Gasteiger charge is -2.22. The van der Waals surface area contributed by atoms with Crippen molar-refractivity contribution in [2.24, 2.45) is 5.41 Å². The molecule has 1 aliphatic carbocycles. The summed E-state index contributed by atoms with van der Waals surface area (Å²) in [6.45, 7) is -0.457. The van der Waals surface area contributed by atoms with Crippen LogP contribution in [0.2, 0.25) is 0 Å². The fourth-order valence-electron chi connectivity index (χ4n) is 3.90. The molecule has 1 spiro atoms. The van der Waals surface area contributed by atoms with Crippen molar-refractivity contribution in [2.75, 3.05) is 30.4 Å². The number of amides is 4. The SMILES string of the molecule is CN(C[C@H](O)CO)C(=O)Nc1cccc(N2C(=O)CC3(CCCC3)C2=O)c1. The maximum Gasteiger partial charge on any atom is 0.321 e. The number of hydrogen-bond donors (Lipinski definition) is 3. The Hall–Kier alpha value is -2.45. The number of carbonyl (C=O) groups excluding carboxylic acids is 3. The lowest BCUT2D eigenvalue weighted by Crippen LogP contribution is -2.38. The topological polar surface area (TPSA) is 110 Å². The average Bonchev–Trinajstić information content (AvgIpc) is 3.20. The maximum absolute atomic E-state index is 12.9. The van der Waals surface area contributed by atoms with E-state index in [4.69, 9.17) is 5.11 Å². The summed E-state index contributed by atoms with van der Waals surface area (Å²) in [5, 5.41) is 21.0. The number of likely N-dealkylation sites (N-methyl/N-ethyl adjacent to an activating group) is 1. The van der Waals surface area contributed by atoms with Crippen LogP contribution in [0.3, 0.4) is 0 Å². The highest BCUT2D eigenvalue weighted by Crippen LogP contribution is 2.48. The summed E-state index contributed by atoms with van der Waals surface area (Å²) in [5.41, 5.74) is 0.345. The number of imide groups is 1. The first kappa shape index (κ1) is 19.3. The van der Waals surface area contributed by atoms with Crippen molar-refractivity contribution in [3.05, 3.63) is 24.3 Å². The van der Waals surface area contributed by atoms with Gasteiger partial charge in [-0.05, 0) is 31.0 Å². The third kappa shape index (κ3) is 3.81. The molecule has 146 valence electrons. The fraction of sp³-hybridized carbons (Fsp3) is 0.526. The molecule has 1 aromatic carbocycles. The number of urea groups is 1. The van der Waals surface area contributed by atoms with Gasteiger partial charge in [-0.2, -0.15) is 0 Å². The Kier molecular flexibility index (Phi) is 5.48. The van der Waals surface area contributed by atoms with E-state index in [1.54, 1.807) is 24.3 Å². The van der Waals surface area contributed by atoms with Gasteiger partial charge < -0.3 is 20.4 Å². The number of anilines is 2. The largest absolute Gasteiger partial charge is 0.394 e. The van der Waals surface area contributed by atoms with Gasteiger partial charge in [0.2, 0.25) is 11.8 Å². The summed E-state index contributed by atoms with van der Waals surface area (Å²) in [6.07, 6.45) is 2.67. The van der Waals surface area contributed by atoms with Crippen LogP contribution in [-0.2, 0) is 9.59 Å². The monoisotopic (exact) mass is 375 g/mol. The Morgan fingerprint density at radius 1 is 1.33 bits per heavy atom. The van der Waals surface area contributed by atoms with Gasteiger partial charge >= 0.3 is 6.03 Å². The van der Waals surface area contributed by atoms with E-state index in [0.717, 1.165) is 25.7 Å². The highest BCUT2D eigenvalue weighted by molar-refractivity contribution is 6.22. The van der Waals surface area contributed by atoms with Crippen LogP contribution < -0.4 is 10.2 Å². The number of aliphatic hydroxyl groups is 2. The molecule has 1 saturated carbocycles. The predicted octanol–water partition coefficient (Wildman–Crippen LogP) is 1.33. The van der Waals surface area contributed by atoms with Crippen molar-refractivity contribution in [2.45, 2.75) is 38.2 Å². The zero-order chi connectivity index (χ0) is 19.6. The summed E-state index contributed by atoms with van der Waals surface area (Å²) in [4.78, 5) is 40.1. The van der Waals surface area contributed by atoms with Crippen LogP contribution in [0.25, 0.3) is 0 Å². The van der Waals surface area contributed by atoms with Crippen molar-refractivity contribution < 1.29 is 24.6 Å². The molecule has 27 heavy (non-hydrogen) atoms. The van der Waals surface area contributed by atoms with Crippen LogP contribution in [0.1, 0.15) is 32.1 Å². The van der Waals surface area contributed by atoms with Crippen LogP contribution in [0.4, 0.5) is 16.2 Å². The van der Waals surface area contributed by atoms with Gasteiger partial charge in [-0.3, -0.25) is 9.59 Å². The number of aliphatic hydroxyl groups excluding tert-OH is 2. The Morgan fingerprint density at radius 3 is 2.70 bits per heavy atom. The number of hydrogen-bond acceptors (Lipinski definition) is 5. The molecule has 0 unspecified atom stereocenters. The highest BCUT2D eigenvalue weighted by Gasteiger charge is 2.53. The van der Waals surface area contributed by atoms with E-state index in [9.17, 15) is 19.5 Å². The minimum absolute atomic E-state index is 0.0202. The molecule has 1 aromatic rings. The molecule has 2 fully saturated rings. The normalized spacial score (nSPS) is 19.6. The van der Waals surface area contributed by atoms with Crippen molar-refractivity contribution in [3.8, 4) is 0 Å². The van der Waals surface area contributed by atoms with Gasteiger partial charge in [-0.1, -0.05) is 18.9 Å². The van der Waals surface area contributed by atoms with Gasteiger partial charge in [0.25, 0.3) is 0 Å². The van der Waals surface area contributed by atoms with Crippen molar-refractivity contribution in [1.82, 2.24) is 4.90 Å². The van der Waals surface area contributed by atoms with Crippen LogP contribution in [0.15, 0.2) is 24.3 Å². The third-order valence-electron chi connectivity index (χ3n) is 5.35. The van der Waals surface area contributed by atoms with E-state index in [1.807, 2.05) is 0 Å². The quantitative estimate of drug-likeness (QED) is 0.673. The fourth-order valence-corrected chi connectivity index (χ4v) is 3.90. The van der Waals surface area contributed by atoms with Gasteiger partial charge in [-0.25, -0.2) is 9.69 Å². The molecular weight excluding hydrogens is 350 g/mol. The van der Waals surface area contributed by atoms with Crippen LogP contribution in [0.5, 0.6) is 0 Å². The van der Waals surface area contributed by atoms with Crippen LogP contribution >= 0.6 is 0 Å². The molecular formula is C19H25N3O5. The van der Waals surface area contributed by atoms with E-state index < -0.39 is 24.2 Å². The summed E-state index contributed by atoms with van der Waals surface area (Å²) >= 11 is 0. The van der Waals surface area contributed by atoms with Crippen molar-refractivity contribution in [3.63, 3.8) is 0 Å². The van der Waals surface area contributed by atoms with E-state index in [2.05, 4.69) is 5.32 Å². The highest BCUT2D eigenvalue weighted by atomic mass is 16.3. The first-order valence-electron chi connectivity index (χ1n) is 9.15. The first-order chi connectivity index (χ1) is 12.9. The lowest BCUT2D eigenvalue weighted by molar-refractivity contribution is -0.125. The minimum atomic E-state index is -1.02. The van der Waals surface area contributed by atoms with E-state index in [-0.39, 0.29) is 24.8 Å². The molecule has 4 amide bonds. The Morgan fingerprint density at radius 2 is 2.04 bits per heavy atom. The Bertz CT molecular complexity index is 745. The standard InChI is InChI=1S/C19H25N3O5/c1-21(11-15(24)12-23)18(27)20-13-5-4-6-14(9-13)22-16(25)10-19(17(22)26)7-2-3-8-19/h4-6,9,15,23-24H,2-3,7-8,10-12H2,1H3,(H,20,27)/t15-/m0/s1. The molecule has 8 heteroatoms. The molecule has 1 aliphatic heterocycles. The number of carbonyl (C=O) groups is 3. The Balaban J connectivity index is 1.73. The zero-order valence-electron chi connectivity index (χ0n) is 15.4. The molecule has 8 nitrogen and oxygen atoms in total. The molecule has 2 aliphatic rings. The maximum atomic E-state index is 12.9. The summed E-state index contributed by atoms with van der Waals surface area (Å²) in [6, 6.07) is 6.14. The van der Waals surface area contributed by atoms with Crippen molar-refractivity contribution >= 4 is 29.2 Å².